The van der Waals surface area contributed by atoms with Crippen LogP contribution in [0.25, 0.3) is 10.9 Å². The van der Waals surface area contributed by atoms with E-state index in [9.17, 15) is 4.79 Å². The largest absolute Gasteiger partial charge is 0.360 e. The van der Waals surface area contributed by atoms with Gasteiger partial charge in [-0.25, -0.2) is 0 Å². The van der Waals surface area contributed by atoms with Crippen molar-refractivity contribution in [2.24, 2.45) is 0 Å². The van der Waals surface area contributed by atoms with E-state index in [0.717, 1.165) is 28.3 Å². The summed E-state index contributed by atoms with van der Waals surface area (Å²) in [5, 5.41) is 1.04. The number of H-pyrrole nitrogens is 1. The van der Waals surface area contributed by atoms with E-state index in [1.54, 1.807) is 6.20 Å². The van der Waals surface area contributed by atoms with Gasteiger partial charge in [-0.15, -0.1) is 0 Å². The van der Waals surface area contributed by atoms with Crippen molar-refractivity contribution in [3.05, 3.63) is 35.0 Å². The normalized spacial score (nSPS) is 10.6. The Morgan fingerprint density at radius 3 is 2.77 bits per heavy atom. The molecule has 0 radical (unpaired) electrons. The molecule has 0 spiro atoms. The molecule has 0 fully saturated rings. The van der Waals surface area contributed by atoms with Gasteiger partial charge in [-0.1, -0.05) is 6.07 Å². The summed E-state index contributed by atoms with van der Waals surface area (Å²) in [4.78, 5) is 13.8. The molecule has 2 heteroatoms. The van der Waals surface area contributed by atoms with Crippen LogP contribution < -0.4 is 0 Å². The van der Waals surface area contributed by atoms with Gasteiger partial charge >= 0.3 is 0 Å². The van der Waals surface area contributed by atoms with Gasteiger partial charge in [0, 0.05) is 22.7 Å². The molecule has 1 aromatic heterocycles. The van der Waals surface area contributed by atoms with Gasteiger partial charge in [0.05, 0.1) is 0 Å². The highest BCUT2D eigenvalue weighted by molar-refractivity contribution is 5.99. The van der Waals surface area contributed by atoms with E-state index < -0.39 is 0 Å². The zero-order chi connectivity index (χ0) is 9.42. The van der Waals surface area contributed by atoms with Gasteiger partial charge in [0.2, 0.25) is 0 Å². The van der Waals surface area contributed by atoms with Crippen LogP contribution in [0.5, 0.6) is 0 Å². The first-order chi connectivity index (χ1) is 6.22. The quantitative estimate of drug-likeness (QED) is 0.660. The number of benzene rings is 1. The Hall–Kier alpha value is -1.57. The molecule has 0 aliphatic rings. The smallest absolute Gasteiger partial charge is 0.152 e. The number of fused-ring (bicyclic) bond motifs is 1. The minimum absolute atomic E-state index is 0.743. The Bertz CT molecular complexity index is 468. The number of aldehydes is 1. The molecule has 2 nitrogen and oxygen atoms in total. The Balaban J connectivity index is 2.89. The zero-order valence-corrected chi connectivity index (χ0v) is 7.72. The maximum Gasteiger partial charge on any atom is 0.152 e. The first-order valence-corrected chi connectivity index (χ1v) is 4.26. The lowest BCUT2D eigenvalue weighted by Gasteiger charge is -1.99. The lowest BCUT2D eigenvalue weighted by Crippen LogP contribution is -1.82. The van der Waals surface area contributed by atoms with Gasteiger partial charge in [0.25, 0.3) is 0 Å². The van der Waals surface area contributed by atoms with Crippen LogP contribution >= 0.6 is 0 Å². The van der Waals surface area contributed by atoms with E-state index in [1.165, 1.54) is 5.56 Å². The second kappa shape index (κ2) is 2.73. The lowest BCUT2D eigenvalue weighted by atomic mass is 10.1. The molecule has 0 atom stereocenters. The van der Waals surface area contributed by atoms with Crippen molar-refractivity contribution in [1.29, 1.82) is 0 Å². The van der Waals surface area contributed by atoms with Gasteiger partial charge in [-0.05, 0) is 31.0 Å². The summed E-state index contributed by atoms with van der Waals surface area (Å²) < 4.78 is 0. The maximum atomic E-state index is 10.7. The number of aromatic nitrogens is 1. The highest BCUT2D eigenvalue weighted by Gasteiger charge is 2.05. The van der Waals surface area contributed by atoms with E-state index in [1.807, 2.05) is 13.8 Å². The zero-order valence-electron chi connectivity index (χ0n) is 7.72. The van der Waals surface area contributed by atoms with Crippen LogP contribution in [0.2, 0.25) is 0 Å². The molecule has 0 saturated heterocycles. The van der Waals surface area contributed by atoms with Crippen molar-refractivity contribution in [1.82, 2.24) is 4.98 Å². The summed E-state index contributed by atoms with van der Waals surface area (Å²) >= 11 is 0. The van der Waals surface area contributed by atoms with Crippen LogP contribution in [-0.4, -0.2) is 11.3 Å². The van der Waals surface area contributed by atoms with Crippen LogP contribution in [0, 0.1) is 13.8 Å². The number of hydrogen-bond acceptors (Lipinski definition) is 1. The third-order valence-electron chi connectivity index (χ3n) is 2.28. The molecule has 0 aliphatic carbocycles. The molecule has 13 heavy (non-hydrogen) atoms. The van der Waals surface area contributed by atoms with Gasteiger partial charge in [0.15, 0.2) is 6.29 Å². The average Bonchev–Trinajstić information content (AvgIpc) is 2.47. The van der Waals surface area contributed by atoms with Crippen molar-refractivity contribution in [3.63, 3.8) is 0 Å². The molecule has 2 aromatic rings. The van der Waals surface area contributed by atoms with E-state index in [2.05, 4.69) is 17.1 Å². The molecular weight excluding hydrogens is 162 g/mol. The molecule has 66 valence electrons. The van der Waals surface area contributed by atoms with Crippen molar-refractivity contribution in [3.8, 4) is 0 Å². The minimum atomic E-state index is 0.743. The Morgan fingerprint density at radius 1 is 1.31 bits per heavy atom. The minimum Gasteiger partial charge on any atom is -0.360 e. The number of carbonyl (C=O) groups excluding carboxylic acids is 1. The highest BCUT2D eigenvalue weighted by atomic mass is 16.1. The van der Waals surface area contributed by atoms with E-state index in [0.29, 0.717) is 0 Å². The van der Waals surface area contributed by atoms with Gasteiger partial charge < -0.3 is 4.98 Å². The number of aryl methyl sites for hydroxylation is 2. The summed E-state index contributed by atoms with van der Waals surface area (Å²) in [6, 6.07) is 4.14. The molecular formula is C11H11NO. The van der Waals surface area contributed by atoms with E-state index >= 15 is 0 Å². The second-order valence-corrected chi connectivity index (χ2v) is 3.37. The average molecular weight is 173 g/mol. The number of aromatic amines is 1. The van der Waals surface area contributed by atoms with Crippen molar-refractivity contribution < 1.29 is 4.79 Å². The van der Waals surface area contributed by atoms with Gasteiger partial charge in [-0.2, -0.15) is 0 Å². The molecule has 1 aromatic carbocycles. The monoisotopic (exact) mass is 173 g/mol. The molecule has 0 amide bonds. The van der Waals surface area contributed by atoms with Gasteiger partial charge in [0.1, 0.15) is 0 Å². The molecule has 1 N–H and O–H groups in total. The first-order valence-electron chi connectivity index (χ1n) is 4.26. The summed E-state index contributed by atoms with van der Waals surface area (Å²) in [7, 11) is 0. The summed E-state index contributed by atoms with van der Waals surface area (Å²) in [6.45, 7) is 4.07. The van der Waals surface area contributed by atoms with Crippen molar-refractivity contribution >= 4 is 17.2 Å². The number of nitrogens with one attached hydrogen (secondary N) is 1. The van der Waals surface area contributed by atoms with Gasteiger partial charge in [-0.3, -0.25) is 4.79 Å². The first kappa shape index (κ1) is 8.05. The topological polar surface area (TPSA) is 32.9 Å². The molecule has 2 rings (SSSR count). The van der Waals surface area contributed by atoms with Crippen molar-refractivity contribution in [2.45, 2.75) is 13.8 Å². The Kier molecular flexibility index (Phi) is 1.69. The number of rotatable bonds is 1. The maximum absolute atomic E-state index is 10.7. The fraction of sp³-hybridized carbons (Fsp3) is 0.182. The van der Waals surface area contributed by atoms with Crippen LogP contribution in [0.15, 0.2) is 18.3 Å². The third kappa shape index (κ3) is 1.15. The summed E-state index contributed by atoms with van der Waals surface area (Å²) in [6.07, 6.45) is 2.64. The lowest BCUT2D eigenvalue weighted by molar-refractivity contribution is 0.112. The molecule has 0 saturated carbocycles. The summed E-state index contributed by atoms with van der Waals surface area (Å²) in [5.74, 6) is 0. The Labute approximate surface area is 76.6 Å². The standard InChI is InChI=1S/C11H11NO/c1-7-3-8(2)11-9(6-13)5-12-10(11)4-7/h3-6,12H,1-2H3. The molecule has 1 heterocycles. The molecule has 0 aliphatic heterocycles. The Morgan fingerprint density at radius 2 is 2.08 bits per heavy atom. The van der Waals surface area contributed by atoms with E-state index in [4.69, 9.17) is 0 Å². The third-order valence-corrected chi connectivity index (χ3v) is 2.28. The fourth-order valence-corrected chi connectivity index (χ4v) is 1.79. The van der Waals surface area contributed by atoms with Crippen molar-refractivity contribution in [2.75, 3.05) is 0 Å². The van der Waals surface area contributed by atoms with Crippen LogP contribution in [-0.2, 0) is 0 Å². The highest BCUT2D eigenvalue weighted by Crippen LogP contribution is 2.22. The van der Waals surface area contributed by atoms with Crippen LogP contribution in [0.3, 0.4) is 0 Å². The second-order valence-electron chi connectivity index (χ2n) is 3.37. The number of hydrogen-bond donors (Lipinski definition) is 1. The predicted octanol–water partition coefficient (Wildman–Crippen LogP) is 2.60. The fourth-order valence-electron chi connectivity index (χ4n) is 1.79. The molecule has 0 unspecified atom stereocenters. The summed E-state index contributed by atoms with van der Waals surface area (Å²) in [5.41, 5.74) is 4.15. The van der Waals surface area contributed by atoms with Crippen LogP contribution in [0.4, 0.5) is 0 Å². The van der Waals surface area contributed by atoms with E-state index in [-0.39, 0.29) is 0 Å². The van der Waals surface area contributed by atoms with Crippen LogP contribution in [0.1, 0.15) is 21.5 Å². The molecule has 0 bridgehead atoms. The predicted molar refractivity (Wildman–Crippen MR) is 53.2 cm³/mol. The number of carbonyl (C=O) groups is 1. The SMILES string of the molecule is Cc1cc(C)c2c(C=O)c[nH]c2c1.